The highest BCUT2D eigenvalue weighted by Crippen LogP contribution is 2.28. The fourth-order valence-electron chi connectivity index (χ4n) is 1.54. The highest BCUT2D eigenvalue weighted by Gasteiger charge is 2.26. The Kier molecular flexibility index (Phi) is 3.96. The molecule has 0 unspecified atom stereocenters. The van der Waals surface area contributed by atoms with Crippen molar-refractivity contribution in [3.8, 4) is 0 Å². The van der Waals surface area contributed by atoms with Gasteiger partial charge < -0.3 is 5.73 Å². The van der Waals surface area contributed by atoms with Gasteiger partial charge >= 0.3 is 0 Å². The molecule has 3 N–H and O–H groups in total. The predicted molar refractivity (Wildman–Crippen MR) is 77.6 cm³/mol. The molecule has 1 aromatic heterocycles. The van der Waals surface area contributed by atoms with E-state index < -0.39 is 25.5 Å². The van der Waals surface area contributed by atoms with Crippen molar-refractivity contribution in [2.24, 2.45) is 0 Å². The first-order chi connectivity index (χ1) is 9.79. The molecule has 0 atom stereocenters. The van der Waals surface area contributed by atoms with Crippen molar-refractivity contribution in [3.63, 3.8) is 0 Å². The van der Waals surface area contributed by atoms with Gasteiger partial charge in [-0.1, -0.05) is 11.6 Å². The van der Waals surface area contributed by atoms with Crippen molar-refractivity contribution < 1.29 is 13.3 Å². The van der Waals surface area contributed by atoms with Gasteiger partial charge in [-0.25, -0.2) is 13.4 Å². The van der Waals surface area contributed by atoms with Crippen LogP contribution in [0.1, 0.15) is 0 Å². The van der Waals surface area contributed by atoms with E-state index in [9.17, 15) is 18.5 Å². The second-order valence-electron chi connectivity index (χ2n) is 3.95. The van der Waals surface area contributed by atoms with Crippen LogP contribution in [0.4, 0.5) is 17.2 Å². The number of aromatic nitrogens is 1. The van der Waals surface area contributed by atoms with Crippen molar-refractivity contribution in [1.29, 1.82) is 0 Å². The zero-order chi connectivity index (χ0) is 15.6. The van der Waals surface area contributed by atoms with E-state index in [1.807, 2.05) is 0 Å². The fraction of sp³-hybridized carbons (Fsp3) is 0. The van der Waals surface area contributed by atoms with Gasteiger partial charge in [-0.05, 0) is 24.3 Å². The normalized spacial score (nSPS) is 11.1. The van der Waals surface area contributed by atoms with E-state index in [-0.39, 0.29) is 16.5 Å². The quantitative estimate of drug-likeness (QED) is 0.652. The Morgan fingerprint density at radius 1 is 1.29 bits per heavy atom. The number of hydrogen-bond acceptors (Lipinski definition) is 6. The van der Waals surface area contributed by atoms with Crippen LogP contribution < -0.4 is 10.5 Å². The van der Waals surface area contributed by atoms with Gasteiger partial charge in [0.1, 0.15) is 5.82 Å². The molecule has 10 heteroatoms. The van der Waals surface area contributed by atoms with Crippen LogP contribution in [0.2, 0.25) is 5.02 Å². The second kappa shape index (κ2) is 5.54. The summed E-state index contributed by atoms with van der Waals surface area (Å²) >= 11 is 5.65. The average molecular weight is 329 g/mol. The molecule has 0 aliphatic heterocycles. The maximum Gasteiger partial charge on any atom is 0.291 e. The standard InChI is InChI=1S/C11H9ClN4O4S/c12-7-1-3-10(9(5-7)16(17)18)21(19,20)15-8-2-4-11(13)14-6-8/h1-6,15H,(H2,13,14). The van der Waals surface area contributed by atoms with E-state index in [0.29, 0.717) is 0 Å². The first kappa shape index (κ1) is 15.0. The Balaban J connectivity index is 2.44. The van der Waals surface area contributed by atoms with Gasteiger partial charge in [0.05, 0.1) is 16.8 Å². The molecular weight excluding hydrogens is 320 g/mol. The molecule has 2 aromatic rings. The second-order valence-corrected chi connectivity index (χ2v) is 6.03. The molecule has 1 aromatic carbocycles. The molecule has 8 nitrogen and oxygen atoms in total. The Labute approximate surface area is 124 Å². The van der Waals surface area contributed by atoms with E-state index in [2.05, 4.69) is 9.71 Å². The number of rotatable bonds is 4. The van der Waals surface area contributed by atoms with Gasteiger partial charge in [0.25, 0.3) is 15.7 Å². The summed E-state index contributed by atoms with van der Waals surface area (Å²) in [7, 11) is -4.15. The number of hydrogen-bond donors (Lipinski definition) is 2. The lowest BCUT2D eigenvalue weighted by atomic mass is 10.3. The van der Waals surface area contributed by atoms with E-state index >= 15 is 0 Å². The monoisotopic (exact) mass is 328 g/mol. The molecule has 2 rings (SSSR count). The highest BCUT2D eigenvalue weighted by molar-refractivity contribution is 7.92. The van der Waals surface area contributed by atoms with Crippen LogP contribution in [0.3, 0.4) is 0 Å². The molecule has 0 saturated heterocycles. The van der Waals surface area contributed by atoms with Crippen molar-refractivity contribution in [2.45, 2.75) is 4.90 Å². The van der Waals surface area contributed by atoms with Crippen LogP contribution >= 0.6 is 11.6 Å². The van der Waals surface area contributed by atoms with Gasteiger partial charge in [0, 0.05) is 11.1 Å². The summed E-state index contributed by atoms with van der Waals surface area (Å²) < 4.78 is 26.6. The summed E-state index contributed by atoms with van der Waals surface area (Å²) in [5.41, 5.74) is 4.91. The molecule has 0 aliphatic carbocycles. The average Bonchev–Trinajstić information content (AvgIpc) is 2.40. The molecule has 0 bridgehead atoms. The number of nitrogens with two attached hydrogens (primary N) is 1. The number of nitro groups is 1. The van der Waals surface area contributed by atoms with Gasteiger partial charge in [-0.15, -0.1) is 0 Å². The maximum atomic E-state index is 12.2. The smallest absolute Gasteiger partial charge is 0.291 e. The summed E-state index contributed by atoms with van der Waals surface area (Å²) in [5, 5.41) is 11.0. The van der Waals surface area contributed by atoms with Gasteiger partial charge in [-0.2, -0.15) is 0 Å². The zero-order valence-corrected chi connectivity index (χ0v) is 11.9. The number of anilines is 2. The first-order valence-corrected chi connectivity index (χ1v) is 7.34. The lowest BCUT2D eigenvalue weighted by molar-refractivity contribution is -0.387. The number of nitrogens with zero attached hydrogens (tertiary/aromatic N) is 2. The van der Waals surface area contributed by atoms with Gasteiger partial charge in [0.2, 0.25) is 0 Å². The van der Waals surface area contributed by atoms with Crippen molar-refractivity contribution in [2.75, 3.05) is 10.5 Å². The van der Waals surface area contributed by atoms with Crippen molar-refractivity contribution in [1.82, 2.24) is 4.98 Å². The van der Waals surface area contributed by atoms with E-state index in [1.54, 1.807) is 0 Å². The number of benzene rings is 1. The number of nitrogen functional groups attached to an aromatic ring is 1. The van der Waals surface area contributed by atoms with E-state index in [0.717, 1.165) is 12.1 Å². The van der Waals surface area contributed by atoms with Crippen LogP contribution in [0.15, 0.2) is 41.4 Å². The van der Waals surface area contributed by atoms with Crippen LogP contribution in [0.5, 0.6) is 0 Å². The molecule has 0 amide bonds. The predicted octanol–water partition coefficient (Wildman–Crippen LogP) is 2.03. The minimum atomic E-state index is -4.15. The summed E-state index contributed by atoms with van der Waals surface area (Å²) in [4.78, 5) is 13.4. The molecule has 0 saturated carbocycles. The van der Waals surface area contributed by atoms with Gasteiger partial charge in [-0.3, -0.25) is 14.8 Å². The Bertz CT molecular complexity index is 792. The van der Waals surface area contributed by atoms with Crippen LogP contribution in [0.25, 0.3) is 0 Å². The minimum absolute atomic E-state index is 0.0646. The van der Waals surface area contributed by atoms with Crippen LogP contribution in [0, 0.1) is 10.1 Å². The molecule has 1 heterocycles. The van der Waals surface area contributed by atoms with Crippen LogP contribution in [-0.2, 0) is 10.0 Å². The van der Waals surface area contributed by atoms with Crippen LogP contribution in [-0.4, -0.2) is 18.3 Å². The minimum Gasteiger partial charge on any atom is -0.384 e. The largest absolute Gasteiger partial charge is 0.384 e. The highest BCUT2D eigenvalue weighted by atomic mass is 35.5. The number of nitro benzene ring substituents is 1. The number of nitrogens with one attached hydrogen (secondary N) is 1. The Morgan fingerprint density at radius 2 is 2.00 bits per heavy atom. The topological polar surface area (TPSA) is 128 Å². The summed E-state index contributed by atoms with van der Waals surface area (Å²) in [6, 6.07) is 6.07. The first-order valence-electron chi connectivity index (χ1n) is 5.48. The molecule has 0 spiro atoms. The third-order valence-corrected chi connectivity index (χ3v) is 4.11. The van der Waals surface area contributed by atoms with E-state index in [1.165, 1.54) is 24.4 Å². The third-order valence-electron chi connectivity index (χ3n) is 2.45. The number of sulfonamides is 1. The molecular formula is C11H9ClN4O4S. The van der Waals surface area contributed by atoms with Gasteiger partial charge in [0.15, 0.2) is 4.90 Å². The third kappa shape index (κ3) is 3.38. The lowest BCUT2D eigenvalue weighted by Crippen LogP contribution is -2.15. The zero-order valence-electron chi connectivity index (χ0n) is 10.4. The summed E-state index contributed by atoms with van der Waals surface area (Å²) in [5.74, 6) is 0.218. The molecule has 0 aliphatic rings. The molecule has 0 radical (unpaired) electrons. The Hall–Kier alpha value is -2.39. The fourth-order valence-corrected chi connectivity index (χ4v) is 2.90. The van der Waals surface area contributed by atoms with Crippen molar-refractivity contribution in [3.05, 3.63) is 51.7 Å². The van der Waals surface area contributed by atoms with Crippen molar-refractivity contribution >= 4 is 38.8 Å². The maximum absolute atomic E-state index is 12.2. The SMILES string of the molecule is Nc1ccc(NS(=O)(=O)c2ccc(Cl)cc2[N+](=O)[O-])cn1. The Morgan fingerprint density at radius 3 is 2.57 bits per heavy atom. The molecule has 0 fully saturated rings. The number of pyridine rings is 1. The molecule has 21 heavy (non-hydrogen) atoms. The summed E-state index contributed by atoms with van der Waals surface area (Å²) in [6.45, 7) is 0. The lowest BCUT2D eigenvalue weighted by Gasteiger charge is -2.08. The number of halogens is 1. The van der Waals surface area contributed by atoms with E-state index in [4.69, 9.17) is 17.3 Å². The molecule has 110 valence electrons. The summed E-state index contributed by atoms with van der Waals surface area (Å²) in [6.07, 6.45) is 1.20.